The Balaban J connectivity index is 1.97. The Kier molecular flexibility index (Phi) is 6.38. The highest BCUT2D eigenvalue weighted by molar-refractivity contribution is 7.89. The average molecular weight is 369 g/mol. The molecule has 1 heterocycles. The van der Waals surface area contributed by atoms with E-state index in [1.165, 1.54) is 17.0 Å². The van der Waals surface area contributed by atoms with Gasteiger partial charge in [-0.05, 0) is 30.5 Å². The van der Waals surface area contributed by atoms with Gasteiger partial charge in [0.25, 0.3) is 0 Å². The van der Waals surface area contributed by atoms with Gasteiger partial charge in [0.15, 0.2) is 0 Å². The van der Waals surface area contributed by atoms with Crippen molar-refractivity contribution in [1.29, 1.82) is 0 Å². The van der Waals surface area contributed by atoms with E-state index in [9.17, 15) is 18.0 Å². The molecule has 8 nitrogen and oxygen atoms in total. The third-order valence-electron chi connectivity index (χ3n) is 4.04. The van der Waals surface area contributed by atoms with Gasteiger partial charge in [0.1, 0.15) is 0 Å². The van der Waals surface area contributed by atoms with E-state index in [4.69, 9.17) is 5.11 Å². The number of nitrogens with zero attached hydrogens (tertiary/aromatic N) is 1. The number of carboxylic acids is 1. The second-order valence-corrected chi connectivity index (χ2v) is 7.70. The molecule has 25 heavy (non-hydrogen) atoms. The fraction of sp³-hybridized carbons (Fsp3) is 0.500. The second kappa shape index (κ2) is 8.30. The Labute approximate surface area is 147 Å². The normalized spacial score (nSPS) is 18.0. The lowest BCUT2D eigenvalue weighted by molar-refractivity contribution is -0.143. The summed E-state index contributed by atoms with van der Waals surface area (Å²) in [5, 5.41) is 11.8. The fourth-order valence-corrected chi connectivity index (χ4v) is 3.86. The van der Waals surface area contributed by atoms with Gasteiger partial charge in [0.05, 0.1) is 10.8 Å². The maximum absolute atomic E-state index is 12.2. The number of amides is 2. The first kappa shape index (κ1) is 19.2. The number of piperidine rings is 1. The molecule has 0 aromatic heterocycles. The third-order valence-corrected chi connectivity index (χ3v) is 5.59. The molecule has 1 unspecified atom stereocenters. The zero-order chi connectivity index (χ0) is 18.4. The predicted molar refractivity (Wildman–Crippen MR) is 91.5 cm³/mol. The van der Waals surface area contributed by atoms with Crippen LogP contribution >= 0.6 is 0 Å². The molecule has 3 N–H and O–H groups in total. The van der Waals surface area contributed by atoms with Crippen LogP contribution in [-0.2, 0) is 21.4 Å². The van der Waals surface area contributed by atoms with Crippen LogP contribution in [0.15, 0.2) is 29.2 Å². The number of aliphatic carboxylic acids is 1. The predicted octanol–water partition coefficient (Wildman–Crippen LogP) is 0.991. The van der Waals surface area contributed by atoms with Gasteiger partial charge in [0, 0.05) is 26.2 Å². The molecule has 1 fully saturated rings. The summed E-state index contributed by atoms with van der Waals surface area (Å²) in [5.41, 5.74) is 0.652. The lowest BCUT2D eigenvalue weighted by atomic mass is 9.99. The number of hydrogen-bond donors (Lipinski definition) is 3. The Morgan fingerprint density at radius 1 is 1.36 bits per heavy atom. The lowest BCUT2D eigenvalue weighted by Crippen LogP contribution is -2.46. The molecule has 2 rings (SSSR count). The summed E-state index contributed by atoms with van der Waals surface area (Å²) >= 11 is 0. The zero-order valence-corrected chi connectivity index (χ0v) is 14.9. The molecule has 0 saturated carbocycles. The number of likely N-dealkylation sites (tertiary alicyclic amines) is 1. The summed E-state index contributed by atoms with van der Waals surface area (Å²) in [7, 11) is -3.55. The summed E-state index contributed by atoms with van der Waals surface area (Å²) in [4.78, 5) is 24.9. The van der Waals surface area contributed by atoms with Crippen LogP contribution in [-0.4, -0.2) is 50.1 Å². The maximum atomic E-state index is 12.2. The molecule has 2 amide bonds. The van der Waals surface area contributed by atoms with Crippen molar-refractivity contribution in [3.8, 4) is 0 Å². The molecule has 1 aromatic rings. The highest BCUT2D eigenvalue weighted by Crippen LogP contribution is 2.17. The Bertz CT molecular complexity index is 735. The summed E-state index contributed by atoms with van der Waals surface area (Å²) in [6, 6.07) is 6.00. The van der Waals surface area contributed by atoms with Gasteiger partial charge in [0.2, 0.25) is 10.0 Å². The summed E-state index contributed by atoms with van der Waals surface area (Å²) in [6.07, 6.45) is 1.23. The van der Waals surface area contributed by atoms with Crippen molar-refractivity contribution < 1.29 is 23.1 Å². The first-order chi connectivity index (χ1) is 11.8. The van der Waals surface area contributed by atoms with Gasteiger partial charge in [-0.25, -0.2) is 17.9 Å². The van der Waals surface area contributed by atoms with E-state index < -0.39 is 21.9 Å². The molecule has 0 aliphatic carbocycles. The van der Waals surface area contributed by atoms with Crippen molar-refractivity contribution in [1.82, 2.24) is 14.9 Å². The SMILES string of the molecule is CCNS(=O)(=O)c1cccc(CNC(=O)N2CCCC(C(=O)O)C2)c1. The van der Waals surface area contributed by atoms with Crippen LogP contribution in [0.1, 0.15) is 25.3 Å². The number of benzene rings is 1. The summed E-state index contributed by atoms with van der Waals surface area (Å²) in [6.45, 7) is 2.87. The van der Waals surface area contributed by atoms with Gasteiger partial charge in [-0.1, -0.05) is 19.1 Å². The van der Waals surface area contributed by atoms with Crippen molar-refractivity contribution in [3.05, 3.63) is 29.8 Å². The highest BCUT2D eigenvalue weighted by Gasteiger charge is 2.27. The number of carboxylic acid groups (broad SMARTS) is 1. The molecule has 0 radical (unpaired) electrons. The summed E-state index contributed by atoms with van der Waals surface area (Å²) in [5.74, 6) is -1.42. The van der Waals surface area contributed by atoms with Crippen LogP contribution in [0.3, 0.4) is 0 Å². The number of sulfonamides is 1. The number of nitrogens with one attached hydrogen (secondary N) is 2. The maximum Gasteiger partial charge on any atom is 0.317 e. The molecular formula is C16H23N3O5S. The summed E-state index contributed by atoms with van der Waals surface area (Å²) < 4.78 is 26.4. The smallest absolute Gasteiger partial charge is 0.317 e. The quantitative estimate of drug-likeness (QED) is 0.692. The number of urea groups is 1. The minimum atomic E-state index is -3.55. The van der Waals surface area contributed by atoms with E-state index >= 15 is 0 Å². The van der Waals surface area contributed by atoms with Gasteiger partial charge in [-0.2, -0.15) is 0 Å². The monoisotopic (exact) mass is 369 g/mol. The molecular weight excluding hydrogens is 346 g/mol. The van der Waals surface area contributed by atoms with Crippen molar-refractivity contribution in [2.75, 3.05) is 19.6 Å². The Morgan fingerprint density at radius 3 is 2.80 bits per heavy atom. The molecule has 138 valence electrons. The van der Waals surface area contributed by atoms with Gasteiger partial charge in [-0.3, -0.25) is 4.79 Å². The number of carbonyl (C=O) groups excluding carboxylic acids is 1. The second-order valence-electron chi connectivity index (χ2n) is 5.93. The number of rotatable bonds is 6. The van der Waals surface area contributed by atoms with E-state index in [0.29, 0.717) is 31.5 Å². The molecule has 1 aliphatic rings. The number of hydrogen-bond acceptors (Lipinski definition) is 4. The molecule has 9 heteroatoms. The fourth-order valence-electron chi connectivity index (χ4n) is 2.75. The molecule has 1 atom stereocenters. The molecule has 1 saturated heterocycles. The van der Waals surface area contributed by atoms with Crippen molar-refractivity contribution in [2.45, 2.75) is 31.2 Å². The minimum Gasteiger partial charge on any atom is -0.481 e. The van der Waals surface area contributed by atoms with Gasteiger partial charge in [-0.15, -0.1) is 0 Å². The lowest BCUT2D eigenvalue weighted by Gasteiger charge is -2.30. The Hall–Kier alpha value is -2.13. The van der Waals surface area contributed by atoms with Gasteiger partial charge >= 0.3 is 12.0 Å². The van der Waals surface area contributed by atoms with E-state index in [1.54, 1.807) is 19.1 Å². The molecule has 0 spiro atoms. The van der Waals surface area contributed by atoms with Crippen molar-refractivity contribution >= 4 is 22.0 Å². The minimum absolute atomic E-state index is 0.144. The molecule has 1 aromatic carbocycles. The van der Waals surface area contributed by atoms with Crippen molar-refractivity contribution in [2.24, 2.45) is 5.92 Å². The first-order valence-electron chi connectivity index (χ1n) is 8.17. The van der Waals surface area contributed by atoms with Crippen LogP contribution in [0.2, 0.25) is 0 Å². The largest absolute Gasteiger partial charge is 0.481 e. The van der Waals surface area contributed by atoms with Crippen LogP contribution in [0.5, 0.6) is 0 Å². The average Bonchev–Trinajstić information content (AvgIpc) is 2.60. The van der Waals surface area contributed by atoms with E-state index in [0.717, 1.165) is 0 Å². The highest BCUT2D eigenvalue weighted by atomic mass is 32.2. The first-order valence-corrected chi connectivity index (χ1v) is 9.66. The zero-order valence-electron chi connectivity index (χ0n) is 14.1. The number of carbonyl (C=O) groups is 2. The third kappa shape index (κ3) is 5.17. The molecule has 1 aliphatic heterocycles. The van der Waals surface area contributed by atoms with E-state index in [2.05, 4.69) is 10.0 Å². The van der Waals surface area contributed by atoms with Gasteiger partial charge < -0.3 is 15.3 Å². The van der Waals surface area contributed by atoms with E-state index in [1.807, 2.05) is 0 Å². The van der Waals surface area contributed by atoms with Crippen LogP contribution in [0.4, 0.5) is 4.79 Å². The standard InChI is InChI=1S/C16H23N3O5S/c1-2-18-25(23,24)14-7-3-5-12(9-14)10-17-16(22)19-8-4-6-13(11-19)15(20)21/h3,5,7,9,13,18H,2,4,6,8,10-11H2,1H3,(H,17,22)(H,20,21). The van der Waals surface area contributed by atoms with Crippen LogP contribution < -0.4 is 10.0 Å². The van der Waals surface area contributed by atoms with Crippen LogP contribution in [0, 0.1) is 5.92 Å². The van der Waals surface area contributed by atoms with E-state index in [-0.39, 0.29) is 24.0 Å². The Morgan fingerprint density at radius 2 is 2.12 bits per heavy atom. The van der Waals surface area contributed by atoms with Crippen LogP contribution in [0.25, 0.3) is 0 Å². The molecule has 0 bridgehead atoms. The topological polar surface area (TPSA) is 116 Å². The van der Waals surface area contributed by atoms with Crippen molar-refractivity contribution in [3.63, 3.8) is 0 Å².